The number of rotatable bonds is 20. The second-order valence-electron chi connectivity index (χ2n) is 11.1. The molecular weight excluding hydrogens is 609 g/mol. The SMILES string of the molecule is CCOC(=O)CCc1c(OCCCCC#N)cccc1OCCCOc1cc(OCc2ccccc2)c(-c2ccc(F)cc2)cc1CC. The van der Waals surface area contributed by atoms with Crippen LogP contribution < -0.4 is 18.9 Å². The summed E-state index contributed by atoms with van der Waals surface area (Å²) in [5, 5.41) is 8.80. The largest absolute Gasteiger partial charge is 0.493 e. The molecule has 0 aliphatic heterocycles. The van der Waals surface area contributed by atoms with Gasteiger partial charge < -0.3 is 23.7 Å². The molecule has 0 N–H and O–H groups in total. The highest BCUT2D eigenvalue weighted by Gasteiger charge is 2.16. The first-order valence-corrected chi connectivity index (χ1v) is 16.6. The minimum atomic E-state index is -0.291. The summed E-state index contributed by atoms with van der Waals surface area (Å²) < 4.78 is 43.7. The lowest BCUT2D eigenvalue weighted by Gasteiger charge is -2.18. The molecule has 0 saturated carbocycles. The van der Waals surface area contributed by atoms with Crippen molar-refractivity contribution in [2.45, 2.75) is 65.4 Å². The Kier molecular flexibility index (Phi) is 14.6. The van der Waals surface area contributed by atoms with Crippen molar-refractivity contribution < 1.29 is 32.9 Å². The van der Waals surface area contributed by atoms with E-state index in [0.717, 1.165) is 52.8 Å². The molecule has 0 atom stereocenters. The molecule has 4 aromatic carbocycles. The molecule has 0 bridgehead atoms. The van der Waals surface area contributed by atoms with Crippen LogP contribution in [0.3, 0.4) is 0 Å². The zero-order valence-electron chi connectivity index (χ0n) is 27.8. The number of aryl methyl sites for hydroxylation is 1. The van der Waals surface area contributed by atoms with E-state index in [2.05, 4.69) is 19.1 Å². The molecule has 4 rings (SSSR count). The fourth-order valence-electron chi connectivity index (χ4n) is 5.16. The standard InChI is InChI=1S/C40H44FNO6/c1-3-31-27-35(32-17-19-33(41)20-18-32)39(48-29-30-13-7-5-8-14-30)28-38(31)47-26-12-25-46-37-16-11-15-36(45-24-10-6-9-23-42)34(37)21-22-40(43)44-4-2/h5,7-8,11,13-20,27-28H,3-4,6,9-10,12,21-22,24-26,29H2,1-2H3. The van der Waals surface area contributed by atoms with Crippen LogP contribution in [0, 0.1) is 17.1 Å². The number of carbonyl (C=O) groups is 1. The molecule has 252 valence electrons. The Morgan fingerprint density at radius 1 is 0.750 bits per heavy atom. The van der Waals surface area contributed by atoms with E-state index in [1.165, 1.54) is 12.1 Å². The fourth-order valence-corrected chi connectivity index (χ4v) is 5.16. The van der Waals surface area contributed by atoms with Crippen molar-refractivity contribution in [3.63, 3.8) is 0 Å². The van der Waals surface area contributed by atoms with Gasteiger partial charge >= 0.3 is 5.97 Å². The highest BCUT2D eigenvalue weighted by Crippen LogP contribution is 2.37. The van der Waals surface area contributed by atoms with Gasteiger partial charge in [0.2, 0.25) is 0 Å². The van der Waals surface area contributed by atoms with Gasteiger partial charge in [-0.15, -0.1) is 0 Å². The lowest BCUT2D eigenvalue weighted by molar-refractivity contribution is -0.143. The summed E-state index contributed by atoms with van der Waals surface area (Å²) in [7, 11) is 0. The van der Waals surface area contributed by atoms with E-state index in [1.54, 1.807) is 19.1 Å². The predicted octanol–water partition coefficient (Wildman–Crippen LogP) is 9.05. The molecule has 0 amide bonds. The first-order valence-electron chi connectivity index (χ1n) is 16.6. The topological polar surface area (TPSA) is 87.0 Å². The molecule has 0 radical (unpaired) electrons. The third kappa shape index (κ3) is 11.0. The maximum atomic E-state index is 13.7. The van der Waals surface area contributed by atoms with Crippen molar-refractivity contribution in [2.24, 2.45) is 0 Å². The van der Waals surface area contributed by atoms with Gasteiger partial charge in [0.1, 0.15) is 35.4 Å². The van der Waals surface area contributed by atoms with Gasteiger partial charge in [0.15, 0.2) is 0 Å². The van der Waals surface area contributed by atoms with Gasteiger partial charge in [-0.05, 0) is 79.6 Å². The summed E-state index contributed by atoms with van der Waals surface area (Å²) in [5.74, 6) is 2.15. The summed E-state index contributed by atoms with van der Waals surface area (Å²) in [5.41, 5.74) is 4.61. The molecule has 4 aromatic rings. The van der Waals surface area contributed by atoms with E-state index < -0.39 is 0 Å². The van der Waals surface area contributed by atoms with Crippen LogP contribution in [-0.4, -0.2) is 32.4 Å². The van der Waals surface area contributed by atoms with Crippen LogP contribution in [0.1, 0.15) is 62.6 Å². The number of hydrogen-bond donors (Lipinski definition) is 0. The number of hydrogen-bond acceptors (Lipinski definition) is 7. The number of halogens is 1. The third-order valence-electron chi connectivity index (χ3n) is 7.65. The van der Waals surface area contributed by atoms with Gasteiger partial charge in [-0.1, -0.05) is 55.5 Å². The predicted molar refractivity (Wildman–Crippen MR) is 184 cm³/mol. The van der Waals surface area contributed by atoms with Crippen LogP contribution in [0.4, 0.5) is 4.39 Å². The molecule has 0 aliphatic carbocycles. The Morgan fingerprint density at radius 3 is 2.10 bits per heavy atom. The second kappa shape index (κ2) is 19.6. The van der Waals surface area contributed by atoms with Gasteiger partial charge in [-0.2, -0.15) is 5.26 Å². The van der Waals surface area contributed by atoms with Crippen LogP contribution in [0.2, 0.25) is 0 Å². The normalized spacial score (nSPS) is 10.6. The summed E-state index contributed by atoms with van der Waals surface area (Å²) in [6.45, 7) is 5.85. The van der Waals surface area contributed by atoms with Gasteiger partial charge in [0, 0.05) is 36.5 Å². The van der Waals surface area contributed by atoms with Gasteiger partial charge in [-0.25, -0.2) is 4.39 Å². The Morgan fingerprint density at radius 2 is 1.44 bits per heavy atom. The lowest BCUT2D eigenvalue weighted by Crippen LogP contribution is -2.10. The fraction of sp³-hybridized carbons (Fsp3) is 0.350. The molecule has 0 spiro atoms. The molecule has 0 aliphatic rings. The Balaban J connectivity index is 1.43. The number of carbonyl (C=O) groups excluding carboxylic acids is 1. The van der Waals surface area contributed by atoms with Gasteiger partial charge in [0.25, 0.3) is 0 Å². The van der Waals surface area contributed by atoms with Crippen molar-refractivity contribution in [2.75, 3.05) is 26.4 Å². The minimum absolute atomic E-state index is 0.213. The van der Waals surface area contributed by atoms with E-state index in [-0.39, 0.29) is 18.2 Å². The summed E-state index contributed by atoms with van der Waals surface area (Å²) in [6, 6.07) is 28.1. The summed E-state index contributed by atoms with van der Waals surface area (Å²) in [4.78, 5) is 12.1. The van der Waals surface area contributed by atoms with Crippen LogP contribution in [-0.2, 0) is 29.0 Å². The van der Waals surface area contributed by atoms with Crippen LogP contribution >= 0.6 is 0 Å². The lowest BCUT2D eigenvalue weighted by atomic mass is 10.00. The van der Waals surface area contributed by atoms with Gasteiger partial charge in [-0.3, -0.25) is 4.79 Å². The number of ether oxygens (including phenoxy) is 5. The van der Waals surface area contributed by atoms with Gasteiger partial charge in [0.05, 0.1) is 32.5 Å². The molecular formula is C40H44FNO6. The monoisotopic (exact) mass is 653 g/mol. The average Bonchev–Trinajstić information content (AvgIpc) is 3.11. The first kappa shape index (κ1) is 35.8. The molecule has 0 unspecified atom stereocenters. The number of esters is 1. The van der Waals surface area contributed by atoms with E-state index in [0.29, 0.717) is 69.5 Å². The Hall–Kier alpha value is -5.03. The zero-order chi connectivity index (χ0) is 34.0. The number of benzene rings is 4. The Labute approximate surface area is 283 Å². The smallest absolute Gasteiger partial charge is 0.306 e. The maximum Gasteiger partial charge on any atom is 0.306 e. The average molecular weight is 654 g/mol. The van der Waals surface area contributed by atoms with E-state index in [9.17, 15) is 9.18 Å². The van der Waals surface area contributed by atoms with Crippen molar-refractivity contribution in [1.29, 1.82) is 5.26 Å². The molecule has 8 heteroatoms. The van der Waals surface area contributed by atoms with Crippen LogP contribution in [0.5, 0.6) is 23.0 Å². The van der Waals surface area contributed by atoms with Crippen LogP contribution in [0.25, 0.3) is 11.1 Å². The first-order chi connectivity index (χ1) is 23.5. The van der Waals surface area contributed by atoms with E-state index in [1.807, 2.05) is 54.6 Å². The molecule has 0 aromatic heterocycles. The molecule has 0 heterocycles. The maximum absolute atomic E-state index is 13.7. The number of nitrogens with zero attached hydrogens (tertiary/aromatic N) is 1. The highest BCUT2D eigenvalue weighted by atomic mass is 19.1. The molecule has 0 fully saturated rings. The van der Waals surface area contributed by atoms with Crippen molar-refractivity contribution in [3.8, 4) is 40.2 Å². The van der Waals surface area contributed by atoms with Crippen molar-refractivity contribution >= 4 is 5.97 Å². The van der Waals surface area contributed by atoms with Crippen LogP contribution in [0.15, 0.2) is 84.9 Å². The highest BCUT2D eigenvalue weighted by molar-refractivity contribution is 5.73. The molecule has 7 nitrogen and oxygen atoms in total. The van der Waals surface area contributed by atoms with E-state index in [4.69, 9.17) is 28.9 Å². The number of nitriles is 1. The van der Waals surface area contributed by atoms with Crippen molar-refractivity contribution in [3.05, 3.63) is 107 Å². The third-order valence-corrected chi connectivity index (χ3v) is 7.65. The summed E-state index contributed by atoms with van der Waals surface area (Å²) >= 11 is 0. The van der Waals surface area contributed by atoms with E-state index >= 15 is 0 Å². The molecule has 0 saturated heterocycles. The Bertz CT molecular complexity index is 1620. The number of unbranched alkanes of at least 4 members (excludes halogenated alkanes) is 2. The molecule has 48 heavy (non-hydrogen) atoms. The second-order valence-corrected chi connectivity index (χ2v) is 11.1. The minimum Gasteiger partial charge on any atom is -0.493 e. The van der Waals surface area contributed by atoms with Crippen molar-refractivity contribution in [1.82, 2.24) is 0 Å². The quantitative estimate of drug-likeness (QED) is 0.0695. The summed E-state index contributed by atoms with van der Waals surface area (Å²) in [6.07, 6.45) is 4.00. The zero-order valence-corrected chi connectivity index (χ0v) is 27.8.